The molecule has 0 spiro atoms. The third-order valence-electron chi connectivity index (χ3n) is 2.62. The normalized spacial score (nSPS) is 14.7. The Labute approximate surface area is 105 Å². The van der Waals surface area contributed by atoms with Crippen LogP contribution in [0.4, 0.5) is 0 Å². The maximum Gasteiger partial charge on any atom is 0.335 e. The lowest BCUT2D eigenvalue weighted by atomic mass is 9.88. The molecule has 0 saturated carbocycles. The van der Waals surface area contributed by atoms with Gasteiger partial charge in [-0.1, -0.05) is 5.18 Å². The second-order valence-corrected chi connectivity index (χ2v) is 4.85. The number of hydrogen-bond acceptors (Lipinski definition) is 6. The van der Waals surface area contributed by atoms with Gasteiger partial charge in [0.05, 0.1) is 19.1 Å². The number of ether oxygens (including phenoxy) is 1. The Hall–Kier alpha value is -1.50. The Balaban J connectivity index is 4.72. The lowest BCUT2D eigenvalue weighted by molar-refractivity contribution is -0.151. The standard InChI is InChI=1S/C11H19NO6/c1-10(2,16)5-4-6-11(12-17,9(14)15)7-8(13)18-3/h16H,4-7H2,1-3H3,(H,14,15). The number of carbonyl (C=O) groups is 2. The Bertz CT molecular complexity index is 322. The van der Waals surface area contributed by atoms with Crippen LogP contribution in [0.3, 0.4) is 0 Å². The summed E-state index contributed by atoms with van der Waals surface area (Å²) in [6, 6.07) is 0. The minimum absolute atomic E-state index is 0.120. The van der Waals surface area contributed by atoms with E-state index in [1.165, 1.54) is 0 Å². The Kier molecular flexibility index (Phi) is 5.90. The zero-order valence-electron chi connectivity index (χ0n) is 10.8. The van der Waals surface area contributed by atoms with Gasteiger partial charge in [0, 0.05) is 0 Å². The molecule has 1 atom stereocenters. The van der Waals surface area contributed by atoms with Gasteiger partial charge in [-0.05, 0) is 33.1 Å². The summed E-state index contributed by atoms with van der Waals surface area (Å²) >= 11 is 0. The number of rotatable bonds is 8. The van der Waals surface area contributed by atoms with E-state index in [0.29, 0.717) is 6.42 Å². The average molecular weight is 261 g/mol. The van der Waals surface area contributed by atoms with Crippen LogP contribution in [-0.4, -0.2) is 40.4 Å². The van der Waals surface area contributed by atoms with Crippen LogP contribution in [0.1, 0.15) is 39.5 Å². The molecule has 7 heteroatoms. The lowest BCUT2D eigenvalue weighted by Crippen LogP contribution is -2.39. The second kappa shape index (κ2) is 6.44. The van der Waals surface area contributed by atoms with Crippen LogP contribution >= 0.6 is 0 Å². The third-order valence-corrected chi connectivity index (χ3v) is 2.62. The van der Waals surface area contributed by atoms with Crippen molar-refractivity contribution in [1.29, 1.82) is 0 Å². The first kappa shape index (κ1) is 16.5. The molecule has 104 valence electrons. The summed E-state index contributed by atoms with van der Waals surface area (Å²) in [5.74, 6) is -2.26. The van der Waals surface area contributed by atoms with Crippen molar-refractivity contribution >= 4 is 11.9 Å². The summed E-state index contributed by atoms with van der Waals surface area (Å²) in [6.07, 6.45) is -0.156. The molecule has 0 saturated heterocycles. The molecule has 0 aromatic rings. The van der Waals surface area contributed by atoms with Crippen LogP contribution < -0.4 is 0 Å². The molecule has 0 aromatic heterocycles. The number of esters is 1. The minimum Gasteiger partial charge on any atom is -0.479 e. The highest BCUT2D eigenvalue weighted by Gasteiger charge is 2.43. The molecule has 0 aromatic carbocycles. The van der Waals surface area contributed by atoms with Gasteiger partial charge in [0.1, 0.15) is 0 Å². The van der Waals surface area contributed by atoms with Gasteiger partial charge in [-0.3, -0.25) is 4.79 Å². The van der Waals surface area contributed by atoms with Gasteiger partial charge in [-0.25, -0.2) is 4.79 Å². The number of carboxylic acid groups (broad SMARTS) is 1. The fraction of sp³-hybridized carbons (Fsp3) is 0.818. The first-order valence-electron chi connectivity index (χ1n) is 5.54. The largest absolute Gasteiger partial charge is 0.479 e. The van der Waals surface area contributed by atoms with Crippen molar-refractivity contribution in [3.63, 3.8) is 0 Å². The average Bonchev–Trinajstić information content (AvgIpc) is 2.25. The SMILES string of the molecule is COC(=O)CC(CCCC(C)(C)O)(N=O)C(=O)O. The second-order valence-electron chi connectivity index (χ2n) is 4.85. The van der Waals surface area contributed by atoms with E-state index in [1.807, 2.05) is 0 Å². The molecule has 0 aliphatic carbocycles. The quantitative estimate of drug-likeness (QED) is 0.499. The van der Waals surface area contributed by atoms with E-state index < -0.39 is 29.5 Å². The molecule has 0 rings (SSSR count). The van der Waals surface area contributed by atoms with Crippen molar-refractivity contribution in [2.45, 2.75) is 50.7 Å². The minimum atomic E-state index is -2.02. The van der Waals surface area contributed by atoms with Gasteiger partial charge in [0.25, 0.3) is 0 Å². The lowest BCUT2D eigenvalue weighted by Gasteiger charge is -2.22. The van der Waals surface area contributed by atoms with E-state index in [2.05, 4.69) is 9.91 Å². The molecule has 0 radical (unpaired) electrons. The van der Waals surface area contributed by atoms with E-state index >= 15 is 0 Å². The summed E-state index contributed by atoms with van der Waals surface area (Å²) in [5.41, 5.74) is -2.98. The molecule has 0 fully saturated rings. The number of carbonyl (C=O) groups excluding carboxylic acids is 1. The highest BCUT2D eigenvalue weighted by Crippen LogP contribution is 2.26. The maximum absolute atomic E-state index is 11.1. The Morgan fingerprint density at radius 3 is 2.17 bits per heavy atom. The summed E-state index contributed by atoms with van der Waals surface area (Å²) in [6.45, 7) is 3.15. The van der Waals surface area contributed by atoms with Gasteiger partial charge in [-0.15, -0.1) is 4.91 Å². The smallest absolute Gasteiger partial charge is 0.335 e. The number of nitrogens with zero attached hydrogens (tertiary/aromatic N) is 1. The van der Waals surface area contributed by atoms with Crippen molar-refractivity contribution < 1.29 is 24.5 Å². The van der Waals surface area contributed by atoms with E-state index in [1.54, 1.807) is 13.8 Å². The predicted molar refractivity (Wildman–Crippen MR) is 62.9 cm³/mol. The summed E-state index contributed by atoms with van der Waals surface area (Å²) in [5, 5.41) is 21.1. The zero-order chi connectivity index (χ0) is 14.4. The first-order valence-corrected chi connectivity index (χ1v) is 5.54. The number of nitroso groups, excluding NO2 is 1. The van der Waals surface area contributed by atoms with Crippen molar-refractivity contribution in [2.24, 2.45) is 5.18 Å². The molecule has 7 nitrogen and oxygen atoms in total. The number of aliphatic hydroxyl groups is 1. The molecule has 1 unspecified atom stereocenters. The van der Waals surface area contributed by atoms with Crippen LogP contribution in [0.5, 0.6) is 0 Å². The number of hydrogen-bond donors (Lipinski definition) is 2. The number of carboxylic acids is 1. The van der Waals surface area contributed by atoms with Crippen molar-refractivity contribution in [3.8, 4) is 0 Å². The molecule has 2 N–H and O–H groups in total. The molecular weight excluding hydrogens is 242 g/mol. The molecule has 0 aliphatic rings. The van der Waals surface area contributed by atoms with Gasteiger partial charge in [-0.2, -0.15) is 0 Å². The highest BCUT2D eigenvalue weighted by atomic mass is 16.5. The highest BCUT2D eigenvalue weighted by molar-refractivity contribution is 5.85. The van der Waals surface area contributed by atoms with Gasteiger partial charge in [0.15, 0.2) is 0 Å². The predicted octanol–water partition coefficient (Wildman–Crippen LogP) is 1.08. The number of methoxy groups -OCH3 is 1. The topological polar surface area (TPSA) is 113 Å². The number of aliphatic carboxylic acids is 1. The first-order chi connectivity index (χ1) is 8.17. The molecule has 18 heavy (non-hydrogen) atoms. The molecule has 0 aliphatic heterocycles. The molecular formula is C11H19NO6. The zero-order valence-corrected chi connectivity index (χ0v) is 10.8. The summed E-state index contributed by atoms with van der Waals surface area (Å²) in [4.78, 5) is 33.0. The fourth-order valence-corrected chi connectivity index (χ4v) is 1.51. The molecule has 0 amide bonds. The van der Waals surface area contributed by atoms with Gasteiger partial charge in [0.2, 0.25) is 5.54 Å². The van der Waals surface area contributed by atoms with Gasteiger partial charge < -0.3 is 14.9 Å². The van der Waals surface area contributed by atoms with Crippen molar-refractivity contribution in [2.75, 3.05) is 7.11 Å². The Morgan fingerprint density at radius 1 is 1.28 bits per heavy atom. The van der Waals surface area contributed by atoms with Crippen molar-refractivity contribution in [1.82, 2.24) is 0 Å². The van der Waals surface area contributed by atoms with Crippen LogP contribution in [0.25, 0.3) is 0 Å². The molecule has 0 bridgehead atoms. The Morgan fingerprint density at radius 2 is 1.83 bits per heavy atom. The third kappa shape index (κ3) is 5.22. The van der Waals surface area contributed by atoms with E-state index in [4.69, 9.17) is 5.11 Å². The van der Waals surface area contributed by atoms with E-state index in [0.717, 1.165) is 7.11 Å². The fourth-order valence-electron chi connectivity index (χ4n) is 1.51. The summed E-state index contributed by atoms with van der Waals surface area (Å²) in [7, 11) is 1.11. The van der Waals surface area contributed by atoms with E-state index in [9.17, 15) is 19.6 Å². The van der Waals surface area contributed by atoms with Crippen LogP contribution in [0.15, 0.2) is 5.18 Å². The van der Waals surface area contributed by atoms with Crippen LogP contribution in [0, 0.1) is 4.91 Å². The van der Waals surface area contributed by atoms with Crippen LogP contribution in [-0.2, 0) is 14.3 Å². The summed E-state index contributed by atoms with van der Waals surface area (Å²) < 4.78 is 4.35. The van der Waals surface area contributed by atoms with Crippen molar-refractivity contribution in [3.05, 3.63) is 4.91 Å². The van der Waals surface area contributed by atoms with Crippen LogP contribution in [0.2, 0.25) is 0 Å². The maximum atomic E-state index is 11.1. The van der Waals surface area contributed by atoms with Gasteiger partial charge >= 0.3 is 11.9 Å². The monoisotopic (exact) mass is 261 g/mol. The molecule has 0 heterocycles. The van der Waals surface area contributed by atoms with E-state index in [-0.39, 0.29) is 12.8 Å².